The van der Waals surface area contributed by atoms with Gasteiger partial charge in [0.1, 0.15) is 0 Å². The summed E-state index contributed by atoms with van der Waals surface area (Å²) in [6.45, 7) is 0. The summed E-state index contributed by atoms with van der Waals surface area (Å²) in [6, 6.07) is 7.38. The maximum Gasteiger partial charge on any atom is 0.233 e. The van der Waals surface area contributed by atoms with Crippen LogP contribution in [0.5, 0.6) is 17.2 Å². The Morgan fingerprint density at radius 2 is 1.82 bits per heavy atom. The number of amides is 1. The summed E-state index contributed by atoms with van der Waals surface area (Å²) in [6.07, 6.45) is 5.50. The minimum Gasteiger partial charge on any atom is -0.493 e. The largest absolute Gasteiger partial charge is 0.493 e. The number of rotatable bonds is 5. The normalized spacial score (nSPS) is 15.5. The standard InChI is InChI=1S/C20H20N4O4/c1-26-15-11-13-17(19(28-3)18(15)27-2)12(10-16(25)23-13)14-6-4-9-24(14)20-21-7-5-8-22-20/h4-9,11-12H,10H2,1-3H3,(H,23,25). The van der Waals surface area contributed by atoms with Crippen molar-refractivity contribution in [2.75, 3.05) is 26.6 Å². The Morgan fingerprint density at radius 3 is 2.50 bits per heavy atom. The second-order valence-electron chi connectivity index (χ2n) is 6.26. The molecule has 2 aromatic heterocycles. The van der Waals surface area contributed by atoms with Crippen LogP contribution in [0, 0.1) is 0 Å². The number of anilines is 1. The third-order valence-electron chi connectivity index (χ3n) is 4.79. The van der Waals surface area contributed by atoms with Gasteiger partial charge in [-0.3, -0.25) is 9.36 Å². The molecular formula is C20H20N4O4. The summed E-state index contributed by atoms with van der Waals surface area (Å²) >= 11 is 0. The second kappa shape index (κ2) is 7.22. The molecule has 1 aliphatic heterocycles. The number of methoxy groups -OCH3 is 3. The smallest absolute Gasteiger partial charge is 0.233 e. The number of carbonyl (C=O) groups is 1. The van der Waals surface area contributed by atoms with Crippen LogP contribution in [0.15, 0.2) is 42.9 Å². The highest BCUT2D eigenvalue weighted by atomic mass is 16.5. The molecule has 1 atom stereocenters. The van der Waals surface area contributed by atoms with E-state index in [2.05, 4.69) is 15.3 Å². The van der Waals surface area contributed by atoms with Gasteiger partial charge in [-0.05, 0) is 18.2 Å². The average Bonchev–Trinajstić information content (AvgIpc) is 3.21. The molecule has 1 amide bonds. The third-order valence-corrected chi connectivity index (χ3v) is 4.79. The summed E-state index contributed by atoms with van der Waals surface area (Å²) in [4.78, 5) is 21.1. The number of nitrogens with zero attached hydrogens (tertiary/aromatic N) is 3. The van der Waals surface area contributed by atoms with Gasteiger partial charge in [-0.15, -0.1) is 0 Å². The van der Waals surface area contributed by atoms with Gasteiger partial charge in [0, 0.05) is 48.3 Å². The van der Waals surface area contributed by atoms with E-state index in [4.69, 9.17) is 14.2 Å². The Hall–Kier alpha value is -3.55. The van der Waals surface area contributed by atoms with Crippen molar-refractivity contribution >= 4 is 11.6 Å². The van der Waals surface area contributed by atoms with E-state index in [9.17, 15) is 4.79 Å². The van der Waals surface area contributed by atoms with E-state index >= 15 is 0 Å². The molecule has 1 unspecified atom stereocenters. The zero-order valence-corrected chi connectivity index (χ0v) is 15.8. The van der Waals surface area contributed by atoms with Crippen molar-refractivity contribution in [3.8, 4) is 23.2 Å². The number of nitrogens with one attached hydrogen (secondary N) is 1. The molecule has 3 heterocycles. The van der Waals surface area contributed by atoms with Crippen molar-refractivity contribution in [2.24, 2.45) is 0 Å². The highest BCUT2D eigenvalue weighted by molar-refractivity contribution is 5.97. The van der Waals surface area contributed by atoms with Crippen molar-refractivity contribution in [3.63, 3.8) is 0 Å². The molecule has 0 saturated carbocycles. The number of carbonyl (C=O) groups excluding carboxylic acids is 1. The average molecular weight is 380 g/mol. The van der Waals surface area contributed by atoms with Gasteiger partial charge in [0.25, 0.3) is 0 Å². The molecule has 144 valence electrons. The fraction of sp³-hybridized carbons (Fsp3) is 0.250. The van der Waals surface area contributed by atoms with E-state index in [0.717, 1.165) is 11.3 Å². The summed E-state index contributed by atoms with van der Waals surface area (Å²) in [7, 11) is 4.68. The van der Waals surface area contributed by atoms with Crippen molar-refractivity contribution in [1.82, 2.24) is 14.5 Å². The minimum atomic E-state index is -0.266. The maximum absolute atomic E-state index is 12.5. The quantitative estimate of drug-likeness (QED) is 0.732. The van der Waals surface area contributed by atoms with Gasteiger partial charge in [-0.2, -0.15) is 0 Å². The predicted molar refractivity (Wildman–Crippen MR) is 103 cm³/mol. The number of hydrogen-bond acceptors (Lipinski definition) is 6. The van der Waals surface area contributed by atoms with Gasteiger partial charge in [0.05, 0.1) is 27.0 Å². The first-order chi connectivity index (χ1) is 13.7. The lowest BCUT2D eigenvalue weighted by atomic mass is 9.86. The molecule has 0 spiro atoms. The summed E-state index contributed by atoms with van der Waals surface area (Å²) in [5.74, 6) is 1.68. The topological polar surface area (TPSA) is 87.5 Å². The summed E-state index contributed by atoms with van der Waals surface area (Å²) in [5.41, 5.74) is 2.35. The minimum absolute atomic E-state index is 0.0893. The van der Waals surface area contributed by atoms with Crippen molar-refractivity contribution in [1.29, 1.82) is 0 Å². The number of ether oxygens (including phenoxy) is 3. The molecule has 1 aliphatic rings. The number of fused-ring (bicyclic) bond motifs is 1. The van der Waals surface area contributed by atoms with Crippen LogP contribution in [0.2, 0.25) is 0 Å². The van der Waals surface area contributed by atoms with Crippen LogP contribution in [-0.4, -0.2) is 41.8 Å². The molecule has 1 aromatic carbocycles. The Labute approximate surface area is 162 Å². The van der Waals surface area contributed by atoms with E-state index in [0.29, 0.717) is 28.9 Å². The lowest BCUT2D eigenvalue weighted by Crippen LogP contribution is -2.25. The van der Waals surface area contributed by atoms with Crippen LogP contribution in [0.1, 0.15) is 23.6 Å². The predicted octanol–water partition coefficient (Wildman–Crippen LogP) is 2.77. The molecule has 8 nitrogen and oxygen atoms in total. The van der Waals surface area contributed by atoms with Gasteiger partial charge in [0.2, 0.25) is 17.6 Å². The van der Waals surface area contributed by atoms with Crippen LogP contribution in [0.4, 0.5) is 5.69 Å². The Kier molecular flexibility index (Phi) is 4.60. The van der Waals surface area contributed by atoms with Crippen molar-refractivity contribution < 1.29 is 19.0 Å². The van der Waals surface area contributed by atoms with Crippen LogP contribution in [0.3, 0.4) is 0 Å². The van der Waals surface area contributed by atoms with Gasteiger partial charge in [-0.1, -0.05) is 0 Å². The maximum atomic E-state index is 12.5. The molecule has 0 saturated heterocycles. The van der Waals surface area contributed by atoms with Gasteiger partial charge >= 0.3 is 0 Å². The molecule has 8 heteroatoms. The van der Waals surface area contributed by atoms with Gasteiger partial charge in [-0.25, -0.2) is 9.97 Å². The van der Waals surface area contributed by atoms with Gasteiger partial charge in [0.15, 0.2) is 11.5 Å². The third kappa shape index (κ3) is 2.83. The lowest BCUT2D eigenvalue weighted by Gasteiger charge is -2.29. The zero-order chi connectivity index (χ0) is 19.7. The number of benzene rings is 1. The molecule has 0 radical (unpaired) electrons. The van der Waals surface area contributed by atoms with E-state index < -0.39 is 0 Å². The van der Waals surface area contributed by atoms with Crippen LogP contribution >= 0.6 is 0 Å². The highest BCUT2D eigenvalue weighted by Crippen LogP contribution is 2.51. The zero-order valence-electron chi connectivity index (χ0n) is 15.8. The fourth-order valence-corrected chi connectivity index (χ4v) is 3.64. The summed E-state index contributed by atoms with van der Waals surface area (Å²) < 4.78 is 18.5. The second-order valence-corrected chi connectivity index (χ2v) is 6.26. The first-order valence-electron chi connectivity index (χ1n) is 8.75. The van der Waals surface area contributed by atoms with E-state index in [-0.39, 0.29) is 18.2 Å². The summed E-state index contributed by atoms with van der Waals surface area (Å²) in [5, 5.41) is 2.92. The van der Waals surface area contributed by atoms with E-state index in [1.807, 2.05) is 22.9 Å². The van der Waals surface area contributed by atoms with Crippen LogP contribution in [-0.2, 0) is 4.79 Å². The van der Waals surface area contributed by atoms with E-state index in [1.54, 1.807) is 45.9 Å². The molecule has 0 bridgehead atoms. The lowest BCUT2D eigenvalue weighted by molar-refractivity contribution is -0.116. The van der Waals surface area contributed by atoms with E-state index in [1.165, 1.54) is 0 Å². The highest BCUT2D eigenvalue weighted by Gasteiger charge is 2.35. The Bertz CT molecular complexity index is 1020. The monoisotopic (exact) mass is 380 g/mol. The molecule has 0 aliphatic carbocycles. The van der Waals surface area contributed by atoms with Gasteiger partial charge < -0.3 is 19.5 Å². The van der Waals surface area contributed by atoms with Crippen LogP contribution < -0.4 is 19.5 Å². The number of hydrogen-bond donors (Lipinski definition) is 1. The Balaban J connectivity index is 1.93. The van der Waals surface area contributed by atoms with Crippen molar-refractivity contribution in [2.45, 2.75) is 12.3 Å². The molecule has 1 N–H and O–H groups in total. The Morgan fingerprint density at radius 1 is 1.07 bits per heavy atom. The molecule has 4 rings (SSSR count). The number of aromatic nitrogens is 3. The SMILES string of the molecule is COc1cc2c(c(OC)c1OC)C(c1cccn1-c1ncccn1)CC(=O)N2. The van der Waals surface area contributed by atoms with Crippen LogP contribution in [0.25, 0.3) is 5.95 Å². The molecule has 28 heavy (non-hydrogen) atoms. The fourth-order valence-electron chi connectivity index (χ4n) is 3.64. The molecular weight excluding hydrogens is 360 g/mol. The molecule has 0 fully saturated rings. The first-order valence-corrected chi connectivity index (χ1v) is 8.75. The first kappa shape index (κ1) is 17.8. The van der Waals surface area contributed by atoms with Crippen molar-refractivity contribution in [3.05, 3.63) is 54.1 Å². The molecule has 3 aromatic rings.